The molecule has 128 valence electrons. The maximum atomic E-state index is 12.8. The summed E-state index contributed by atoms with van der Waals surface area (Å²) in [4.78, 5) is 37.8. The predicted molar refractivity (Wildman–Crippen MR) is 89.9 cm³/mol. The van der Waals surface area contributed by atoms with Crippen LogP contribution < -0.4 is 5.63 Å². The van der Waals surface area contributed by atoms with Crippen molar-refractivity contribution in [1.29, 1.82) is 0 Å². The van der Waals surface area contributed by atoms with E-state index >= 15 is 0 Å². The summed E-state index contributed by atoms with van der Waals surface area (Å²) >= 11 is 0. The minimum Gasteiger partial charge on any atom is -0.469 e. The van der Waals surface area contributed by atoms with E-state index in [-0.39, 0.29) is 24.4 Å². The van der Waals surface area contributed by atoms with Crippen molar-refractivity contribution in [3.8, 4) is 0 Å². The summed E-state index contributed by atoms with van der Waals surface area (Å²) in [6, 6.07) is 8.55. The van der Waals surface area contributed by atoms with Crippen LogP contribution >= 0.6 is 0 Å². The molecule has 2 rings (SSSR count). The molecule has 6 nitrogen and oxygen atoms in total. The van der Waals surface area contributed by atoms with Crippen LogP contribution in [0.2, 0.25) is 0 Å². The van der Waals surface area contributed by atoms with Crippen molar-refractivity contribution in [2.24, 2.45) is 5.92 Å². The van der Waals surface area contributed by atoms with Crippen molar-refractivity contribution in [3.63, 3.8) is 0 Å². The topological polar surface area (TPSA) is 76.8 Å². The average molecular weight is 331 g/mol. The predicted octanol–water partition coefficient (Wildman–Crippen LogP) is 2.45. The molecule has 0 fully saturated rings. The molecule has 0 saturated carbocycles. The molecule has 6 heteroatoms. The van der Waals surface area contributed by atoms with E-state index in [0.717, 1.165) is 0 Å². The minimum absolute atomic E-state index is 0.0285. The van der Waals surface area contributed by atoms with Crippen LogP contribution in [-0.2, 0) is 9.53 Å². The quantitative estimate of drug-likeness (QED) is 0.600. The van der Waals surface area contributed by atoms with Gasteiger partial charge >= 0.3 is 11.6 Å². The Bertz CT molecular complexity index is 793. The second-order valence-electron chi connectivity index (χ2n) is 5.96. The van der Waals surface area contributed by atoms with Gasteiger partial charge in [-0.15, -0.1) is 0 Å². The Balaban J connectivity index is 2.32. The minimum atomic E-state index is -0.675. The SMILES string of the molecule is COC(=O)CCN(CC(C)C)C(=O)c1cc2ccccc2oc1=O. The Morgan fingerprint density at radius 3 is 2.62 bits per heavy atom. The lowest BCUT2D eigenvalue weighted by Crippen LogP contribution is -2.38. The number of hydrogen-bond acceptors (Lipinski definition) is 5. The summed E-state index contributed by atoms with van der Waals surface area (Å²) in [6.07, 6.45) is 0.0773. The molecule has 0 N–H and O–H groups in total. The Morgan fingerprint density at radius 1 is 1.25 bits per heavy atom. The highest BCUT2D eigenvalue weighted by molar-refractivity contribution is 5.96. The number of ether oxygens (including phenoxy) is 1. The van der Waals surface area contributed by atoms with E-state index in [4.69, 9.17) is 4.42 Å². The average Bonchev–Trinajstić information content (AvgIpc) is 2.56. The van der Waals surface area contributed by atoms with Crippen LogP contribution in [0.1, 0.15) is 30.6 Å². The number of hydrogen-bond donors (Lipinski definition) is 0. The first-order chi connectivity index (χ1) is 11.4. The van der Waals surface area contributed by atoms with Gasteiger partial charge in [-0.2, -0.15) is 0 Å². The Morgan fingerprint density at radius 2 is 1.96 bits per heavy atom. The smallest absolute Gasteiger partial charge is 0.349 e. The lowest BCUT2D eigenvalue weighted by molar-refractivity contribution is -0.140. The zero-order chi connectivity index (χ0) is 17.7. The van der Waals surface area contributed by atoms with Crippen LogP contribution in [0.5, 0.6) is 0 Å². The van der Waals surface area contributed by atoms with Crippen molar-refractivity contribution in [3.05, 3.63) is 46.3 Å². The molecule has 0 aliphatic rings. The van der Waals surface area contributed by atoms with Crippen LogP contribution in [0.25, 0.3) is 11.0 Å². The summed E-state index contributed by atoms with van der Waals surface area (Å²) in [5.74, 6) is -0.645. The molecule has 0 aliphatic carbocycles. The third-order valence-corrected chi connectivity index (χ3v) is 3.56. The molecule has 24 heavy (non-hydrogen) atoms. The largest absolute Gasteiger partial charge is 0.469 e. The lowest BCUT2D eigenvalue weighted by atomic mass is 10.1. The fraction of sp³-hybridized carbons (Fsp3) is 0.389. The number of rotatable bonds is 6. The molecule has 0 atom stereocenters. The first-order valence-corrected chi connectivity index (χ1v) is 7.81. The van der Waals surface area contributed by atoms with Gasteiger partial charge in [0.1, 0.15) is 11.1 Å². The maximum absolute atomic E-state index is 12.8. The summed E-state index contributed by atoms with van der Waals surface area (Å²) in [7, 11) is 1.30. The van der Waals surface area contributed by atoms with E-state index in [1.807, 2.05) is 13.8 Å². The molecule has 0 bridgehead atoms. The third kappa shape index (κ3) is 4.22. The van der Waals surface area contributed by atoms with Gasteiger partial charge in [0.25, 0.3) is 5.91 Å². The molecule has 1 aromatic carbocycles. The van der Waals surface area contributed by atoms with Crippen molar-refractivity contribution in [1.82, 2.24) is 4.90 Å². The van der Waals surface area contributed by atoms with Crippen LogP contribution in [0.4, 0.5) is 0 Å². The third-order valence-electron chi connectivity index (χ3n) is 3.56. The second kappa shape index (κ2) is 7.77. The number of amides is 1. The van der Waals surface area contributed by atoms with Crippen LogP contribution in [0, 0.1) is 5.92 Å². The fourth-order valence-electron chi connectivity index (χ4n) is 2.43. The zero-order valence-electron chi connectivity index (χ0n) is 14.1. The van der Waals surface area contributed by atoms with Gasteiger partial charge in [0.2, 0.25) is 0 Å². The van der Waals surface area contributed by atoms with Gasteiger partial charge in [-0.3, -0.25) is 9.59 Å². The Hall–Kier alpha value is -2.63. The van der Waals surface area contributed by atoms with E-state index < -0.39 is 17.5 Å². The van der Waals surface area contributed by atoms with Gasteiger partial charge in [-0.1, -0.05) is 32.0 Å². The number of benzene rings is 1. The van der Waals surface area contributed by atoms with Gasteiger partial charge in [0.05, 0.1) is 13.5 Å². The highest BCUT2D eigenvalue weighted by atomic mass is 16.5. The van der Waals surface area contributed by atoms with Crippen LogP contribution in [-0.4, -0.2) is 37.0 Å². The molecule has 0 saturated heterocycles. The number of esters is 1. The van der Waals surface area contributed by atoms with Gasteiger partial charge < -0.3 is 14.1 Å². The maximum Gasteiger partial charge on any atom is 0.349 e. The molecule has 1 aromatic heterocycles. The monoisotopic (exact) mass is 331 g/mol. The van der Waals surface area contributed by atoms with Crippen molar-refractivity contribution in [2.45, 2.75) is 20.3 Å². The number of nitrogens with zero attached hydrogens (tertiary/aromatic N) is 1. The molecular formula is C18H21NO5. The summed E-state index contributed by atoms with van der Waals surface area (Å²) < 4.78 is 9.84. The summed E-state index contributed by atoms with van der Waals surface area (Å²) in [5, 5.41) is 0.679. The number of fused-ring (bicyclic) bond motifs is 1. The molecule has 0 unspecified atom stereocenters. The molecule has 1 heterocycles. The molecule has 0 spiro atoms. The van der Waals surface area contributed by atoms with E-state index in [1.54, 1.807) is 24.3 Å². The highest BCUT2D eigenvalue weighted by Crippen LogP contribution is 2.14. The number of para-hydroxylation sites is 1. The Labute approximate surface area is 140 Å². The van der Waals surface area contributed by atoms with Gasteiger partial charge in [0.15, 0.2) is 0 Å². The number of methoxy groups -OCH3 is 1. The van der Waals surface area contributed by atoms with Gasteiger partial charge in [-0.05, 0) is 18.1 Å². The van der Waals surface area contributed by atoms with E-state index in [9.17, 15) is 14.4 Å². The van der Waals surface area contributed by atoms with Crippen LogP contribution in [0.3, 0.4) is 0 Å². The molecule has 2 aromatic rings. The molecule has 1 amide bonds. The lowest BCUT2D eigenvalue weighted by Gasteiger charge is -2.23. The first-order valence-electron chi connectivity index (χ1n) is 7.81. The van der Waals surface area contributed by atoms with Crippen molar-refractivity contribution in [2.75, 3.05) is 20.2 Å². The molecular weight excluding hydrogens is 310 g/mol. The van der Waals surface area contributed by atoms with Crippen LogP contribution in [0.15, 0.2) is 39.5 Å². The first kappa shape index (κ1) is 17.7. The number of carbonyl (C=O) groups is 2. The van der Waals surface area contributed by atoms with E-state index in [1.165, 1.54) is 18.1 Å². The summed E-state index contributed by atoms with van der Waals surface area (Å²) in [5.41, 5.74) is -0.270. The van der Waals surface area contributed by atoms with Crippen molar-refractivity contribution >= 4 is 22.8 Å². The van der Waals surface area contributed by atoms with E-state index in [2.05, 4.69) is 4.74 Å². The van der Waals surface area contributed by atoms with Gasteiger partial charge in [-0.25, -0.2) is 4.79 Å². The molecule has 0 aliphatic heterocycles. The number of carbonyl (C=O) groups excluding carboxylic acids is 2. The standard InChI is InChI=1S/C18H21NO5/c1-12(2)11-19(9-8-16(20)23-3)17(21)14-10-13-6-4-5-7-15(13)24-18(14)22/h4-7,10,12H,8-9,11H2,1-3H3. The Kier molecular flexibility index (Phi) is 5.73. The zero-order valence-corrected chi connectivity index (χ0v) is 14.1. The normalized spacial score (nSPS) is 10.8. The summed E-state index contributed by atoms with van der Waals surface area (Å²) in [6.45, 7) is 4.54. The fourth-order valence-corrected chi connectivity index (χ4v) is 2.43. The molecule has 0 radical (unpaired) electrons. The second-order valence-corrected chi connectivity index (χ2v) is 5.96. The van der Waals surface area contributed by atoms with Gasteiger partial charge in [0, 0.05) is 18.5 Å². The highest BCUT2D eigenvalue weighted by Gasteiger charge is 2.22. The van der Waals surface area contributed by atoms with Crippen molar-refractivity contribution < 1.29 is 18.7 Å². The van der Waals surface area contributed by atoms with E-state index in [0.29, 0.717) is 17.5 Å².